The maximum atomic E-state index is 5.65. The molecule has 0 aliphatic rings. The van der Waals surface area contributed by atoms with E-state index in [1.54, 1.807) is 26.4 Å². The van der Waals surface area contributed by atoms with Crippen LogP contribution in [0.4, 0.5) is 5.82 Å². The van der Waals surface area contributed by atoms with Gasteiger partial charge in [0.2, 0.25) is 0 Å². The second-order valence-electron chi connectivity index (χ2n) is 2.86. The van der Waals surface area contributed by atoms with Gasteiger partial charge in [-0.3, -0.25) is 5.10 Å². The number of nitrogens with one attached hydrogen (secondary N) is 1. The Labute approximate surface area is 93.0 Å². The molecular formula is C9H12ClN3O2. The average Bonchev–Trinajstić information content (AvgIpc) is 2.58. The molecule has 0 aliphatic carbocycles. The molecule has 2 rings (SSSR count). The summed E-state index contributed by atoms with van der Waals surface area (Å²) in [6.45, 7) is 0. The van der Waals surface area contributed by atoms with Crippen LogP contribution in [0.15, 0.2) is 12.1 Å². The van der Waals surface area contributed by atoms with Crippen LogP contribution in [0.25, 0.3) is 10.9 Å². The standard InChI is InChI=1S/C9H11N3O2.ClH/c1-13-7-3-5-6(4-8(7)14-2)11-12-9(5)10;/h3-4H,1-2H3,(H3,10,11,12);1H. The van der Waals surface area contributed by atoms with Gasteiger partial charge >= 0.3 is 0 Å². The van der Waals surface area contributed by atoms with Crippen LogP contribution in [-0.2, 0) is 0 Å². The predicted molar refractivity (Wildman–Crippen MR) is 60.9 cm³/mol. The smallest absolute Gasteiger partial charge is 0.162 e. The minimum Gasteiger partial charge on any atom is -0.493 e. The van der Waals surface area contributed by atoms with Gasteiger partial charge in [-0.2, -0.15) is 5.10 Å². The van der Waals surface area contributed by atoms with Crippen molar-refractivity contribution in [3.8, 4) is 11.5 Å². The quantitative estimate of drug-likeness (QED) is 0.820. The van der Waals surface area contributed by atoms with E-state index >= 15 is 0 Å². The van der Waals surface area contributed by atoms with Crippen molar-refractivity contribution in [2.75, 3.05) is 20.0 Å². The highest BCUT2D eigenvalue weighted by Gasteiger charge is 2.09. The number of rotatable bonds is 2. The third kappa shape index (κ3) is 1.78. The molecule has 0 spiro atoms. The Balaban J connectivity index is 0.00000112. The number of aromatic amines is 1. The molecule has 1 aromatic carbocycles. The second-order valence-corrected chi connectivity index (χ2v) is 2.86. The molecular weight excluding hydrogens is 218 g/mol. The number of halogens is 1. The Morgan fingerprint density at radius 3 is 2.40 bits per heavy atom. The number of nitrogens with zero attached hydrogens (tertiary/aromatic N) is 1. The first kappa shape index (κ1) is 11.5. The predicted octanol–water partition coefficient (Wildman–Crippen LogP) is 1.58. The minimum atomic E-state index is 0. The summed E-state index contributed by atoms with van der Waals surface area (Å²) in [7, 11) is 3.17. The number of aromatic nitrogens is 2. The Morgan fingerprint density at radius 2 is 1.80 bits per heavy atom. The molecule has 2 aromatic rings. The van der Waals surface area contributed by atoms with Gasteiger partial charge in [0.25, 0.3) is 0 Å². The summed E-state index contributed by atoms with van der Waals surface area (Å²) in [4.78, 5) is 0. The van der Waals surface area contributed by atoms with Crippen LogP contribution in [0.5, 0.6) is 11.5 Å². The molecule has 5 nitrogen and oxygen atoms in total. The van der Waals surface area contributed by atoms with Crippen molar-refractivity contribution < 1.29 is 9.47 Å². The molecule has 1 aromatic heterocycles. The first-order valence-corrected chi connectivity index (χ1v) is 4.12. The number of fused-ring (bicyclic) bond motifs is 1. The van der Waals surface area contributed by atoms with E-state index in [0.29, 0.717) is 17.3 Å². The molecule has 0 aliphatic heterocycles. The topological polar surface area (TPSA) is 73.2 Å². The van der Waals surface area contributed by atoms with E-state index in [-0.39, 0.29) is 12.4 Å². The number of hydrogen-bond donors (Lipinski definition) is 2. The van der Waals surface area contributed by atoms with Crippen LogP contribution < -0.4 is 15.2 Å². The molecule has 0 amide bonds. The summed E-state index contributed by atoms with van der Waals surface area (Å²) in [5.74, 6) is 1.76. The van der Waals surface area contributed by atoms with E-state index in [1.165, 1.54) is 0 Å². The molecule has 6 heteroatoms. The maximum Gasteiger partial charge on any atom is 0.162 e. The van der Waals surface area contributed by atoms with E-state index in [9.17, 15) is 0 Å². The van der Waals surface area contributed by atoms with Crippen molar-refractivity contribution in [2.45, 2.75) is 0 Å². The molecule has 3 N–H and O–H groups in total. The van der Waals surface area contributed by atoms with Gasteiger partial charge in [0.1, 0.15) is 0 Å². The third-order valence-electron chi connectivity index (χ3n) is 2.10. The summed E-state index contributed by atoms with van der Waals surface area (Å²) in [6.07, 6.45) is 0. The number of H-pyrrole nitrogens is 1. The van der Waals surface area contributed by atoms with Gasteiger partial charge in [0.05, 0.1) is 19.7 Å². The van der Waals surface area contributed by atoms with E-state index in [0.717, 1.165) is 10.9 Å². The molecule has 82 valence electrons. The van der Waals surface area contributed by atoms with Gasteiger partial charge in [-0.1, -0.05) is 0 Å². The van der Waals surface area contributed by atoms with Crippen molar-refractivity contribution in [1.82, 2.24) is 10.2 Å². The van der Waals surface area contributed by atoms with Gasteiger partial charge in [-0.05, 0) is 6.07 Å². The average molecular weight is 230 g/mol. The highest BCUT2D eigenvalue weighted by atomic mass is 35.5. The zero-order valence-corrected chi connectivity index (χ0v) is 9.22. The molecule has 15 heavy (non-hydrogen) atoms. The van der Waals surface area contributed by atoms with Crippen molar-refractivity contribution in [3.63, 3.8) is 0 Å². The maximum absolute atomic E-state index is 5.65. The number of hydrogen-bond acceptors (Lipinski definition) is 4. The Bertz CT molecular complexity index is 470. The summed E-state index contributed by atoms with van der Waals surface area (Å²) in [5.41, 5.74) is 6.49. The molecule has 0 fully saturated rings. The zero-order valence-electron chi connectivity index (χ0n) is 8.40. The number of benzene rings is 1. The van der Waals surface area contributed by atoms with E-state index in [1.807, 2.05) is 0 Å². The minimum absolute atomic E-state index is 0. The van der Waals surface area contributed by atoms with Crippen LogP contribution in [0.1, 0.15) is 0 Å². The Hall–Kier alpha value is -1.62. The largest absolute Gasteiger partial charge is 0.493 e. The third-order valence-corrected chi connectivity index (χ3v) is 2.10. The van der Waals surface area contributed by atoms with Crippen LogP contribution in [-0.4, -0.2) is 24.4 Å². The SMILES string of the molecule is COc1cc2[nH]nc(N)c2cc1OC.Cl. The first-order valence-electron chi connectivity index (χ1n) is 4.12. The number of nitrogens with two attached hydrogens (primary N) is 1. The zero-order chi connectivity index (χ0) is 10.1. The number of ether oxygens (including phenoxy) is 2. The Morgan fingerprint density at radius 1 is 1.20 bits per heavy atom. The second kappa shape index (κ2) is 4.27. The summed E-state index contributed by atoms with van der Waals surface area (Å²) in [6, 6.07) is 3.60. The van der Waals surface area contributed by atoms with Crippen molar-refractivity contribution in [3.05, 3.63) is 12.1 Å². The highest BCUT2D eigenvalue weighted by Crippen LogP contribution is 2.32. The van der Waals surface area contributed by atoms with Crippen LogP contribution in [0.3, 0.4) is 0 Å². The van der Waals surface area contributed by atoms with Gasteiger partial charge in [-0.25, -0.2) is 0 Å². The lowest BCUT2D eigenvalue weighted by Gasteiger charge is -2.06. The van der Waals surface area contributed by atoms with E-state index < -0.39 is 0 Å². The fraction of sp³-hybridized carbons (Fsp3) is 0.222. The molecule has 0 atom stereocenters. The fourth-order valence-electron chi connectivity index (χ4n) is 1.36. The highest BCUT2D eigenvalue weighted by molar-refractivity contribution is 5.91. The van der Waals surface area contributed by atoms with Gasteiger partial charge in [0.15, 0.2) is 17.3 Å². The molecule has 0 saturated heterocycles. The molecule has 0 bridgehead atoms. The van der Waals surface area contributed by atoms with E-state index in [2.05, 4.69) is 10.2 Å². The van der Waals surface area contributed by atoms with Crippen LogP contribution >= 0.6 is 12.4 Å². The van der Waals surface area contributed by atoms with Crippen LogP contribution in [0, 0.1) is 0 Å². The number of anilines is 1. The van der Waals surface area contributed by atoms with Crippen molar-refractivity contribution in [1.29, 1.82) is 0 Å². The Kier molecular flexibility index (Phi) is 3.26. The summed E-state index contributed by atoms with van der Waals surface area (Å²) >= 11 is 0. The fourth-order valence-corrected chi connectivity index (χ4v) is 1.36. The lowest BCUT2D eigenvalue weighted by Crippen LogP contribution is -1.90. The summed E-state index contributed by atoms with van der Waals surface area (Å²) in [5, 5.41) is 7.53. The number of nitrogen functional groups attached to an aromatic ring is 1. The van der Waals surface area contributed by atoms with Gasteiger partial charge in [-0.15, -0.1) is 12.4 Å². The van der Waals surface area contributed by atoms with Gasteiger partial charge in [0, 0.05) is 11.5 Å². The lowest BCUT2D eigenvalue weighted by atomic mass is 10.2. The summed E-state index contributed by atoms with van der Waals surface area (Å²) < 4.78 is 10.3. The first-order chi connectivity index (χ1) is 6.76. The molecule has 1 heterocycles. The lowest BCUT2D eigenvalue weighted by molar-refractivity contribution is 0.356. The van der Waals surface area contributed by atoms with Crippen LogP contribution in [0.2, 0.25) is 0 Å². The van der Waals surface area contributed by atoms with Crippen molar-refractivity contribution >= 4 is 29.1 Å². The molecule has 0 radical (unpaired) electrons. The van der Waals surface area contributed by atoms with Gasteiger partial charge < -0.3 is 15.2 Å². The van der Waals surface area contributed by atoms with Crippen molar-refractivity contribution in [2.24, 2.45) is 0 Å². The molecule has 0 saturated carbocycles. The molecule has 0 unspecified atom stereocenters. The normalized spacial score (nSPS) is 9.73. The number of methoxy groups -OCH3 is 2. The monoisotopic (exact) mass is 229 g/mol. The van der Waals surface area contributed by atoms with E-state index in [4.69, 9.17) is 15.2 Å².